The summed E-state index contributed by atoms with van der Waals surface area (Å²) in [5.74, 6) is 0.350. The number of amides is 1. The van der Waals surface area contributed by atoms with Crippen molar-refractivity contribution in [2.24, 2.45) is 5.92 Å². The molecule has 1 fully saturated rings. The Labute approximate surface area is 111 Å². The molecule has 0 radical (unpaired) electrons. The quantitative estimate of drug-likeness (QED) is 0.724. The van der Waals surface area contributed by atoms with Crippen molar-refractivity contribution in [2.75, 3.05) is 13.1 Å². The predicted molar refractivity (Wildman–Crippen MR) is 72.6 cm³/mol. The highest BCUT2D eigenvalue weighted by atomic mass is 16.6. The Morgan fingerprint density at radius 1 is 1.11 bits per heavy atom. The summed E-state index contributed by atoms with van der Waals surface area (Å²) < 4.78 is 5.27. The molecule has 0 bridgehead atoms. The fourth-order valence-corrected chi connectivity index (χ4v) is 1.80. The number of hydrogen-bond acceptors (Lipinski definition) is 3. The van der Waals surface area contributed by atoms with E-state index in [1.807, 2.05) is 34.6 Å². The molecule has 1 aliphatic rings. The van der Waals surface area contributed by atoms with Gasteiger partial charge in [-0.3, -0.25) is 4.79 Å². The van der Waals surface area contributed by atoms with Gasteiger partial charge >= 0.3 is 6.09 Å². The standard InChI is InChI=1S/C12H21NO3.C2H6/c1-9(14)10-5-7-13(8-6-10)11(15)16-12(2,3)4;1-2/h10H,5-8H2,1-4H3;1-2H3. The fourth-order valence-electron chi connectivity index (χ4n) is 1.80. The number of hydrogen-bond donors (Lipinski definition) is 0. The first-order chi connectivity index (χ1) is 8.29. The summed E-state index contributed by atoms with van der Waals surface area (Å²) >= 11 is 0. The monoisotopic (exact) mass is 257 g/mol. The minimum atomic E-state index is -0.450. The van der Waals surface area contributed by atoms with Gasteiger partial charge in [-0.2, -0.15) is 0 Å². The molecule has 0 aromatic rings. The van der Waals surface area contributed by atoms with Crippen LogP contribution in [0.15, 0.2) is 0 Å². The van der Waals surface area contributed by atoms with Crippen LogP contribution in [0.25, 0.3) is 0 Å². The van der Waals surface area contributed by atoms with E-state index in [1.54, 1.807) is 11.8 Å². The largest absolute Gasteiger partial charge is 0.444 e. The molecule has 0 aromatic heterocycles. The average molecular weight is 257 g/mol. The highest BCUT2D eigenvalue weighted by Crippen LogP contribution is 2.20. The SMILES string of the molecule is CC.CC(=O)C1CCN(C(=O)OC(C)(C)C)CC1. The van der Waals surface area contributed by atoms with Gasteiger partial charge in [0.2, 0.25) is 0 Å². The van der Waals surface area contributed by atoms with Crippen molar-refractivity contribution in [1.29, 1.82) is 0 Å². The second-order valence-corrected chi connectivity index (χ2v) is 5.35. The third-order valence-corrected chi connectivity index (χ3v) is 2.72. The van der Waals surface area contributed by atoms with E-state index in [0.29, 0.717) is 13.1 Å². The minimum Gasteiger partial charge on any atom is -0.444 e. The third-order valence-electron chi connectivity index (χ3n) is 2.72. The molecular weight excluding hydrogens is 230 g/mol. The van der Waals surface area contributed by atoms with Gasteiger partial charge in [-0.1, -0.05) is 13.8 Å². The highest BCUT2D eigenvalue weighted by molar-refractivity contribution is 5.78. The number of Topliss-reactive ketones (excluding diaryl/α,β-unsaturated/α-hetero) is 1. The molecule has 0 aromatic carbocycles. The van der Waals surface area contributed by atoms with Crippen LogP contribution in [0.2, 0.25) is 0 Å². The summed E-state index contributed by atoms with van der Waals surface area (Å²) in [7, 11) is 0. The number of likely N-dealkylation sites (tertiary alicyclic amines) is 1. The summed E-state index contributed by atoms with van der Waals surface area (Å²) in [6, 6.07) is 0. The van der Waals surface area contributed by atoms with E-state index in [2.05, 4.69) is 0 Å². The van der Waals surface area contributed by atoms with Crippen LogP contribution in [0.4, 0.5) is 4.79 Å². The molecule has 0 aliphatic carbocycles. The lowest BCUT2D eigenvalue weighted by atomic mass is 9.94. The lowest BCUT2D eigenvalue weighted by Crippen LogP contribution is -2.42. The Hall–Kier alpha value is -1.06. The molecule has 1 aliphatic heterocycles. The molecule has 0 atom stereocenters. The zero-order chi connectivity index (χ0) is 14.3. The van der Waals surface area contributed by atoms with E-state index in [4.69, 9.17) is 4.74 Å². The molecule has 0 unspecified atom stereocenters. The Morgan fingerprint density at radius 3 is 1.89 bits per heavy atom. The first-order valence-electron chi connectivity index (χ1n) is 6.78. The molecule has 1 rings (SSSR count). The number of carbonyl (C=O) groups is 2. The van der Waals surface area contributed by atoms with E-state index in [-0.39, 0.29) is 17.8 Å². The number of ether oxygens (including phenoxy) is 1. The van der Waals surface area contributed by atoms with Crippen LogP contribution >= 0.6 is 0 Å². The number of ketones is 1. The van der Waals surface area contributed by atoms with Gasteiger partial charge in [0, 0.05) is 19.0 Å². The topological polar surface area (TPSA) is 46.6 Å². The first-order valence-corrected chi connectivity index (χ1v) is 6.78. The molecule has 0 saturated carbocycles. The number of carbonyl (C=O) groups excluding carboxylic acids is 2. The second-order valence-electron chi connectivity index (χ2n) is 5.35. The van der Waals surface area contributed by atoms with Gasteiger partial charge in [-0.15, -0.1) is 0 Å². The summed E-state index contributed by atoms with van der Waals surface area (Å²) in [6.07, 6.45) is 1.25. The van der Waals surface area contributed by atoms with Crippen molar-refractivity contribution < 1.29 is 14.3 Å². The zero-order valence-electron chi connectivity index (χ0n) is 12.6. The van der Waals surface area contributed by atoms with Gasteiger partial charge < -0.3 is 9.64 Å². The van der Waals surface area contributed by atoms with Crippen LogP contribution in [0.3, 0.4) is 0 Å². The van der Waals surface area contributed by atoms with E-state index in [0.717, 1.165) is 12.8 Å². The van der Waals surface area contributed by atoms with Gasteiger partial charge in [-0.05, 0) is 40.5 Å². The van der Waals surface area contributed by atoms with Crippen LogP contribution in [-0.4, -0.2) is 35.5 Å². The summed E-state index contributed by atoms with van der Waals surface area (Å²) in [6.45, 7) is 12.4. The number of rotatable bonds is 1. The lowest BCUT2D eigenvalue weighted by Gasteiger charge is -2.32. The van der Waals surface area contributed by atoms with Gasteiger partial charge in [0.05, 0.1) is 0 Å². The number of nitrogens with zero attached hydrogens (tertiary/aromatic N) is 1. The first kappa shape index (κ1) is 16.9. The molecule has 106 valence electrons. The molecule has 1 heterocycles. The van der Waals surface area contributed by atoms with Crippen molar-refractivity contribution in [1.82, 2.24) is 4.90 Å². The van der Waals surface area contributed by atoms with Crippen LogP contribution in [0.1, 0.15) is 54.4 Å². The van der Waals surface area contributed by atoms with Crippen LogP contribution in [0.5, 0.6) is 0 Å². The van der Waals surface area contributed by atoms with Gasteiger partial charge in [0.1, 0.15) is 11.4 Å². The molecule has 1 saturated heterocycles. The molecule has 0 spiro atoms. The maximum atomic E-state index is 11.7. The maximum absolute atomic E-state index is 11.7. The minimum absolute atomic E-state index is 0.124. The zero-order valence-corrected chi connectivity index (χ0v) is 12.6. The molecule has 4 heteroatoms. The molecule has 1 amide bonds. The third kappa shape index (κ3) is 6.03. The van der Waals surface area contributed by atoms with Crippen molar-refractivity contribution in [3.8, 4) is 0 Å². The summed E-state index contributed by atoms with van der Waals surface area (Å²) in [5.41, 5.74) is -0.450. The van der Waals surface area contributed by atoms with Crippen molar-refractivity contribution in [3.63, 3.8) is 0 Å². The van der Waals surface area contributed by atoms with E-state index >= 15 is 0 Å². The maximum Gasteiger partial charge on any atom is 0.410 e. The summed E-state index contributed by atoms with van der Waals surface area (Å²) in [4.78, 5) is 24.6. The van der Waals surface area contributed by atoms with Gasteiger partial charge in [-0.25, -0.2) is 4.79 Å². The highest BCUT2D eigenvalue weighted by Gasteiger charge is 2.28. The fraction of sp³-hybridized carbons (Fsp3) is 0.857. The number of piperidine rings is 1. The van der Waals surface area contributed by atoms with Crippen molar-refractivity contribution >= 4 is 11.9 Å². The lowest BCUT2D eigenvalue weighted by molar-refractivity contribution is -0.122. The molecular formula is C14H27NO3. The Bertz CT molecular complexity index is 273. The predicted octanol–water partition coefficient (Wildman–Crippen LogP) is 3.25. The second kappa shape index (κ2) is 7.39. The molecule has 18 heavy (non-hydrogen) atoms. The van der Waals surface area contributed by atoms with Crippen LogP contribution in [0, 0.1) is 5.92 Å². The van der Waals surface area contributed by atoms with Crippen molar-refractivity contribution in [2.45, 2.75) is 60.0 Å². The summed E-state index contributed by atoms with van der Waals surface area (Å²) in [5, 5.41) is 0. The molecule has 0 N–H and O–H groups in total. The van der Waals surface area contributed by atoms with Crippen LogP contribution in [-0.2, 0) is 9.53 Å². The Morgan fingerprint density at radius 2 is 1.56 bits per heavy atom. The van der Waals surface area contributed by atoms with Crippen molar-refractivity contribution in [3.05, 3.63) is 0 Å². The Kier molecular flexibility index (Phi) is 6.96. The van der Waals surface area contributed by atoms with Gasteiger partial charge in [0.15, 0.2) is 0 Å². The Balaban J connectivity index is 0.00000137. The normalized spacial score (nSPS) is 16.7. The van der Waals surface area contributed by atoms with Gasteiger partial charge in [0.25, 0.3) is 0 Å². The van der Waals surface area contributed by atoms with E-state index < -0.39 is 5.60 Å². The van der Waals surface area contributed by atoms with E-state index in [1.165, 1.54) is 0 Å². The van der Waals surface area contributed by atoms with Crippen LogP contribution < -0.4 is 0 Å². The van der Waals surface area contributed by atoms with E-state index in [9.17, 15) is 9.59 Å². The molecule has 4 nitrogen and oxygen atoms in total. The smallest absolute Gasteiger partial charge is 0.410 e. The average Bonchev–Trinajstić information content (AvgIpc) is 2.29.